The van der Waals surface area contributed by atoms with Gasteiger partial charge < -0.3 is 9.88 Å². The van der Waals surface area contributed by atoms with Crippen LogP contribution in [0.4, 0.5) is 0 Å². The van der Waals surface area contributed by atoms with E-state index >= 15 is 0 Å². The van der Waals surface area contributed by atoms with E-state index < -0.39 is 0 Å². The summed E-state index contributed by atoms with van der Waals surface area (Å²) in [5, 5.41) is 6.00. The smallest absolute Gasteiger partial charge is 0.274 e. The summed E-state index contributed by atoms with van der Waals surface area (Å²) in [5.74, 6) is -0.0565. The Hall–Kier alpha value is -3.29. The van der Waals surface area contributed by atoms with Crippen molar-refractivity contribution in [1.29, 1.82) is 0 Å². The number of para-hydroxylation sites is 1. The molecule has 5 aromatic rings. The summed E-state index contributed by atoms with van der Waals surface area (Å²) in [6, 6.07) is 18.0. The van der Waals surface area contributed by atoms with Crippen molar-refractivity contribution in [2.24, 2.45) is 0 Å². The number of thiophene rings is 1. The lowest BCUT2D eigenvalue weighted by Gasteiger charge is -2.35. The maximum Gasteiger partial charge on any atom is 0.274 e. The highest BCUT2D eigenvalue weighted by atomic mass is 32.1. The number of rotatable bonds is 3. The molecule has 1 aromatic carbocycles. The van der Waals surface area contributed by atoms with Gasteiger partial charge in [0.25, 0.3) is 5.91 Å². The fraction of sp³-hybridized carbons (Fsp3) is 0.125. The third-order valence-corrected chi connectivity index (χ3v) is 7.60. The maximum atomic E-state index is 13.6. The average Bonchev–Trinajstić information content (AvgIpc) is 3.57. The largest absolute Gasteiger partial charge is 0.356 e. The highest BCUT2D eigenvalue weighted by Crippen LogP contribution is 2.38. The topological polar surface area (TPSA) is 61.9 Å². The molecule has 0 saturated carbocycles. The Morgan fingerprint density at radius 1 is 1.06 bits per heavy atom. The zero-order valence-electron chi connectivity index (χ0n) is 16.5. The van der Waals surface area contributed by atoms with Gasteiger partial charge in [-0.3, -0.25) is 9.78 Å². The number of pyridine rings is 1. The number of amides is 1. The van der Waals surface area contributed by atoms with Crippen LogP contribution in [0, 0.1) is 0 Å². The number of fused-ring (bicyclic) bond motifs is 3. The number of hydrogen-bond acceptors (Lipinski definition) is 5. The molecule has 4 aromatic heterocycles. The van der Waals surface area contributed by atoms with Crippen LogP contribution in [-0.4, -0.2) is 32.3 Å². The lowest BCUT2D eigenvalue weighted by atomic mass is 9.94. The SMILES string of the molecule is O=C(c1csc(-c2cccs2)n1)N1CCc2c([nH]c3ccccc23)[C@H]1c1ccccn1. The molecule has 5 heterocycles. The number of H-pyrrole nitrogens is 1. The van der Waals surface area contributed by atoms with E-state index in [9.17, 15) is 4.79 Å². The summed E-state index contributed by atoms with van der Waals surface area (Å²) in [5.41, 5.74) is 4.77. The Labute approximate surface area is 187 Å². The van der Waals surface area contributed by atoms with E-state index in [-0.39, 0.29) is 11.9 Å². The van der Waals surface area contributed by atoms with Crippen molar-refractivity contribution in [3.8, 4) is 9.88 Å². The molecule has 0 fully saturated rings. The second-order valence-electron chi connectivity index (χ2n) is 7.48. The summed E-state index contributed by atoms with van der Waals surface area (Å²) in [6.07, 6.45) is 2.59. The second-order valence-corrected chi connectivity index (χ2v) is 9.29. The monoisotopic (exact) mass is 442 g/mol. The Bertz CT molecular complexity index is 1370. The zero-order chi connectivity index (χ0) is 20.8. The van der Waals surface area contributed by atoms with Gasteiger partial charge in [-0.05, 0) is 41.6 Å². The first-order chi connectivity index (χ1) is 15.3. The van der Waals surface area contributed by atoms with Crippen LogP contribution < -0.4 is 0 Å². The van der Waals surface area contributed by atoms with Gasteiger partial charge in [0.05, 0.1) is 10.6 Å². The molecule has 7 heteroatoms. The molecule has 0 radical (unpaired) electrons. The van der Waals surface area contributed by atoms with E-state index in [0.717, 1.165) is 33.2 Å². The molecule has 31 heavy (non-hydrogen) atoms. The summed E-state index contributed by atoms with van der Waals surface area (Å²) in [7, 11) is 0. The first-order valence-corrected chi connectivity index (χ1v) is 11.9. The van der Waals surface area contributed by atoms with Gasteiger partial charge in [0.15, 0.2) is 0 Å². The molecule has 0 aliphatic carbocycles. The average molecular weight is 443 g/mol. The second kappa shape index (κ2) is 7.44. The van der Waals surface area contributed by atoms with Crippen molar-refractivity contribution in [2.45, 2.75) is 12.5 Å². The van der Waals surface area contributed by atoms with Crippen LogP contribution in [0.25, 0.3) is 20.8 Å². The number of nitrogens with one attached hydrogen (secondary N) is 1. The van der Waals surface area contributed by atoms with E-state index in [1.54, 1.807) is 17.5 Å². The van der Waals surface area contributed by atoms with Gasteiger partial charge in [0.2, 0.25) is 0 Å². The van der Waals surface area contributed by atoms with Crippen molar-refractivity contribution in [3.05, 3.63) is 94.2 Å². The van der Waals surface area contributed by atoms with Crippen molar-refractivity contribution < 1.29 is 4.79 Å². The minimum atomic E-state index is -0.267. The van der Waals surface area contributed by atoms with Gasteiger partial charge in [0, 0.05) is 34.7 Å². The number of carbonyl (C=O) groups excluding carboxylic acids is 1. The van der Waals surface area contributed by atoms with Crippen LogP contribution >= 0.6 is 22.7 Å². The van der Waals surface area contributed by atoms with E-state index in [2.05, 4.69) is 33.2 Å². The molecule has 1 amide bonds. The predicted octanol–water partition coefficient (Wildman–Crippen LogP) is 5.54. The molecule has 1 N–H and O–H groups in total. The maximum absolute atomic E-state index is 13.6. The number of aromatic amines is 1. The van der Waals surface area contributed by atoms with Crippen molar-refractivity contribution in [3.63, 3.8) is 0 Å². The molecule has 0 unspecified atom stereocenters. The third-order valence-electron chi connectivity index (χ3n) is 5.72. The van der Waals surface area contributed by atoms with Gasteiger partial charge in [-0.15, -0.1) is 22.7 Å². The highest BCUT2D eigenvalue weighted by molar-refractivity contribution is 7.20. The molecule has 0 spiro atoms. The molecule has 0 bridgehead atoms. The molecule has 1 atom stereocenters. The van der Waals surface area contributed by atoms with Crippen molar-refractivity contribution >= 4 is 39.5 Å². The first-order valence-electron chi connectivity index (χ1n) is 10.1. The lowest BCUT2D eigenvalue weighted by Crippen LogP contribution is -2.41. The van der Waals surface area contributed by atoms with Crippen LogP contribution in [-0.2, 0) is 6.42 Å². The van der Waals surface area contributed by atoms with Crippen LogP contribution in [0.3, 0.4) is 0 Å². The molecule has 152 valence electrons. The molecule has 1 aliphatic heterocycles. The van der Waals surface area contributed by atoms with Gasteiger partial charge in [-0.2, -0.15) is 0 Å². The summed E-state index contributed by atoms with van der Waals surface area (Å²) < 4.78 is 0. The van der Waals surface area contributed by atoms with Crippen LogP contribution in [0.5, 0.6) is 0 Å². The van der Waals surface area contributed by atoms with E-state index in [0.29, 0.717) is 12.2 Å². The first kappa shape index (κ1) is 18.5. The Balaban J connectivity index is 1.44. The number of nitrogens with zero attached hydrogens (tertiary/aromatic N) is 3. The number of thiazole rings is 1. The molecular formula is C24H18N4OS2. The highest BCUT2D eigenvalue weighted by Gasteiger charge is 2.36. The van der Waals surface area contributed by atoms with Gasteiger partial charge in [0.1, 0.15) is 16.7 Å². The van der Waals surface area contributed by atoms with Gasteiger partial charge >= 0.3 is 0 Å². The standard InChI is InChI=1S/C24H18N4OS2/c29-24(19-14-31-23(27-19)20-9-5-13-30-20)28-12-10-16-15-6-1-2-7-17(15)26-21(16)22(28)18-8-3-4-11-25-18/h1-9,11,13-14,22,26H,10,12H2/t22-/m1/s1. The predicted molar refractivity (Wildman–Crippen MR) is 125 cm³/mol. The fourth-order valence-electron chi connectivity index (χ4n) is 4.34. The molecule has 1 aliphatic rings. The number of hydrogen-bond donors (Lipinski definition) is 1. The van der Waals surface area contributed by atoms with Crippen molar-refractivity contribution in [2.75, 3.05) is 6.54 Å². The molecule has 6 rings (SSSR count). The van der Waals surface area contributed by atoms with Gasteiger partial charge in [-0.25, -0.2) is 4.98 Å². The van der Waals surface area contributed by atoms with Gasteiger partial charge in [-0.1, -0.05) is 30.3 Å². The van der Waals surface area contributed by atoms with E-state index in [1.807, 2.05) is 52.1 Å². The van der Waals surface area contributed by atoms with Crippen LogP contribution in [0.2, 0.25) is 0 Å². The fourth-order valence-corrected chi connectivity index (χ4v) is 5.95. The lowest BCUT2D eigenvalue weighted by molar-refractivity contribution is 0.0683. The Morgan fingerprint density at radius 3 is 2.81 bits per heavy atom. The number of aromatic nitrogens is 3. The van der Waals surface area contributed by atoms with E-state index in [4.69, 9.17) is 0 Å². The zero-order valence-corrected chi connectivity index (χ0v) is 18.1. The van der Waals surface area contributed by atoms with Crippen LogP contribution in [0.1, 0.15) is 33.5 Å². The Morgan fingerprint density at radius 2 is 1.97 bits per heavy atom. The van der Waals surface area contributed by atoms with Crippen LogP contribution in [0.15, 0.2) is 71.6 Å². The molecule has 5 nitrogen and oxygen atoms in total. The number of carbonyl (C=O) groups is 1. The summed E-state index contributed by atoms with van der Waals surface area (Å²) in [4.78, 5) is 29.5. The quantitative estimate of drug-likeness (QED) is 0.399. The molecule has 0 saturated heterocycles. The minimum absolute atomic E-state index is 0.0565. The molecular weight excluding hydrogens is 424 g/mol. The summed E-state index contributed by atoms with van der Waals surface area (Å²) in [6.45, 7) is 0.626. The summed E-state index contributed by atoms with van der Waals surface area (Å²) >= 11 is 3.15. The van der Waals surface area contributed by atoms with E-state index in [1.165, 1.54) is 22.3 Å². The third kappa shape index (κ3) is 3.08. The minimum Gasteiger partial charge on any atom is -0.356 e. The number of benzene rings is 1. The normalized spacial score (nSPS) is 15.9. The Kier molecular flexibility index (Phi) is 4.44. The van der Waals surface area contributed by atoms with Crippen molar-refractivity contribution in [1.82, 2.24) is 19.9 Å².